The first kappa shape index (κ1) is 21.0. The summed E-state index contributed by atoms with van der Waals surface area (Å²) in [4.78, 5) is 42.4. The summed E-state index contributed by atoms with van der Waals surface area (Å²) in [5.74, 6) is -1.11. The monoisotopic (exact) mass is 461 g/mol. The molecule has 9 heteroatoms. The van der Waals surface area contributed by atoms with Gasteiger partial charge in [0.15, 0.2) is 0 Å². The Kier molecular flexibility index (Phi) is 4.60. The summed E-state index contributed by atoms with van der Waals surface area (Å²) in [6, 6.07) is 10.0. The summed E-state index contributed by atoms with van der Waals surface area (Å²) in [5.41, 5.74) is 6.39. The van der Waals surface area contributed by atoms with Gasteiger partial charge in [0.05, 0.1) is 34.8 Å². The molecule has 3 N–H and O–H groups in total. The molecule has 1 aliphatic carbocycles. The second-order valence-electron chi connectivity index (χ2n) is 9.54. The highest BCUT2D eigenvalue weighted by Gasteiger charge is 2.36. The third-order valence-corrected chi connectivity index (χ3v) is 7.50. The van der Waals surface area contributed by atoms with E-state index in [0.717, 1.165) is 24.0 Å². The average molecular weight is 462 g/mol. The minimum atomic E-state index is -0.782. The maximum Gasteiger partial charge on any atom is 0.363 e. The number of fused-ring (bicyclic) bond motifs is 5. The quantitative estimate of drug-likeness (QED) is 0.516. The van der Waals surface area contributed by atoms with Gasteiger partial charge < -0.3 is 10.4 Å². The van der Waals surface area contributed by atoms with E-state index in [9.17, 15) is 19.5 Å². The molecule has 5 heterocycles. The van der Waals surface area contributed by atoms with E-state index in [4.69, 9.17) is 0 Å². The Morgan fingerprint density at radius 3 is 2.50 bits per heavy atom. The SMILES string of the molecule is CC1C(=O)n2c3ccc4c(c3-c3ccccc31)NC(=O)[C@H](C)Nn2c(=O)n4[C@H]1CCCC[C@H]1O. The van der Waals surface area contributed by atoms with Gasteiger partial charge >= 0.3 is 5.69 Å². The van der Waals surface area contributed by atoms with Gasteiger partial charge in [-0.2, -0.15) is 4.68 Å². The number of hydrogen-bond donors (Lipinski definition) is 3. The van der Waals surface area contributed by atoms with E-state index in [1.807, 2.05) is 37.3 Å². The lowest BCUT2D eigenvalue weighted by atomic mass is 9.90. The van der Waals surface area contributed by atoms with Gasteiger partial charge in [0, 0.05) is 5.56 Å². The number of aromatic nitrogens is 3. The van der Waals surface area contributed by atoms with Gasteiger partial charge in [0.2, 0.25) is 5.91 Å². The van der Waals surface area contributed by atoms with Crippen LogP contribution in [-0.4, -0.2) is 43.1 Å². The fourth-order valence-corrected chi connectivity index (χ4v) is 5.69. The standard InChI is InChI=1S/C25H27N5O4/c1-13-15-7-3-4-8-16(15)21-18-11-12-19-22(21)26-23(32)14(2)27-30(29(18)24(13)33)25(34)28(19)17-9-5-6-10-20(17)31/h3-4,7-8,11-14,17,20,27,31H,5-6,9-10H2,1-2H3,(H,26,32)/t13?,14-,17-,20+/m0/s1. The number of nitrogens with one attached hydrogen (secondary N) is 2. The molecule has 3 aliphatic heterocycles. The second kappa shape index (κ2) is 7.46. The van der Waals surface area contributed by atoms with Gasteiger partial charge in [-0.25, -0.2) is 4.79 Å². The zero-order valence-corrected chi connectivity index (χ0v) is 19.1. The molecule has 1 unspecified atom stereocenters. The average Bonchev–Trinajstić information content (AvgIpc) is 2.88. The predicted molar refractivity (Wildman–Crippen MR) is 128 cm³/mol. The van der Waals surface area contributed by atoms with Crippen LogP contribution in [0.2, 0.25) is 0 Å². The van der Waals surface area contributed by atoms with E-state index >= 15 is 0 Å². The van der Waals surface area contributed by atoms with Crippen LogP contribution in [0.1, 0.15) is 61.8 Å². The van der Waals surface area contributed by atoms with Gasteiger partial charge in [-0.3, -0.25) is 19.6 Å². The zero-order valence-electron chi connectivity index (χ0n) is 19.1. The number of anilines is 1. The first-order chi connectivity index (χ1) is 16.4. The van der Waals surface area contributed by atoms with Crippen molar-refractivity contribution in [2.24, 2.45) is 0 Å². The molecule has 0 radical (unpaired) electrons. The van der Waals surface area contributed by atoms with Crippen LogP contribution in [0.3, 0.4) is 0 Å². The van der Waals surface area contributed by atoms with E-state index in [1.54, 1.807) is 17.6 Å². The number of carbonyl (C=O) groups is 2. The smallest absolute Gasteiger partial charge is 0.363 e. The molecule has 4 aliphatic rings. The van der Waals surface area contributed by atoms with Gasteiger partial charge in [-0.15, -0.1) is 4.79 Å². The van der Waals surface area contributed by atoms with Crippen LogP contribution >= 0.6 is 0 Å². The number of benzene rings is 2. The molecular weight excluding hydrogens is 434 g/mol. The number of aliphatic hydroxyl groups is 1. The van der Waals surface area contributed by atoms with Crippen molar-refractivity contribution in [3.8, 4) is 11.1 Å². The van der Waals surface area contributed by atoms with E-state index in [-0.39, 0.29) is 11.8 Å². The lowest BCUT2D eigenvalue weighted by molar-refractivity contribution is -0.116. The molecule has 6 bridgehead atoms. The third kappa shape index (κ3) is 2.79. The summed E-state index contributed by atoms with van der Waals surface area (Å²) in [7, 11) is 0. The number of aliphatic hydroxyl groups excluding tert-OH is 1. The highest BCUT2D eigenvalue weighted by Crippen LogP contribution is 2.43. The molecule has 8 rings (SSSR count). The van der Waals surface area contributed by atoms with Crippen molar-refractivity contribution in [2.45, 2.75) is 63.6 Å². The Bertz CT molecular complexity index is 1450. The van der Waals surface area contributed by atoms with Gasteiger partial charge in [-0.1, -0.05) is 37.1 Å². The van der Waals surface area contributed by atoms with Crippen molar-refractivity contribution < 1.29 is 14.7 Å². The first-order valence-electron chi connectivity index (χ1n) is 11.9. The van der Waals surface area contributed by atoms with Crippen LogP contribution < -0.4 is 16.4 Å². The molecule has 0 saturated heterocycles. The fourth-order valence-electron chi connectivity index (χ4n) is 5.69. The molecule has 2 aromatic heterocycles. The molecule has 34 heavy (non-hydrogen) atoms. The van der Waals surface area contributed by atoms with E-state index < -0.39 is 29.8 Å². The summed E-state index contributed by atoms with van der Waals surface area (Å²) < 4.78 is 2.93. The van der Waals surface area contributed by atoms with Crippen molar-refractivity contribution in [1.82, 2.24) is 14.0 Å². The molecule has 1 saturated carbocycles. The number of hydrogen-bond acceptors (Lipinski definition) is 5. The highest BCUT2D eigenvalue weighted by molar-refractivity contribution is 6.11. The van der Waals surface area contributed by atoms with E-state index in [1.165, 1.54) is 9.47 Å². The summed E-state index contributed by atoms with van der Waals surface area (Å²) in [6.07, 6.45) is 2.28. The van der Waals surface area contributed by atoms with Gasteiger partial charge in [-0.05, 0) is 49.9 Å². The molecule has 4 aromatic rings. The Morgan fingerprint density at radius 2 is 1.71 bits per heavy atom. The van der Waals surface area contributed by atoms with Crippen molar-refractivity contribution in [3.05, 3.63) is 52.4 Å². The molecular formula is C25H27N5O4. The third-order valence-electron chi connectivity index (χ3n) is 7.50. The summed E-state index contributed by atoms with van der Waals surface area (Å²) in [6.45, 7) is 3.48. The van der Waals surface area contributed by atoms with Crippen LogP contribution in [0, 0.1) is 0 Å². The van der Waals surface area contributed by atoms with Crippen molar-refractivity contribution in [1.29, 1.82) is 0 Å². The molecule has 1 fully saturated rings. The number of amides is 1. The first-order valence-corrected chi connectivity index (χ1v) is 11.9. The maximum absolute atomic E-state index is 14.1. The van der Waals surface area contributed by atoms with Crippen LogP contribution in [0.4, 0.5) is 5.69 Å². The van der Waals surface area contributed by atoms with Crippen LogP contribution in [-0.2, 0) is 4.79 Å². The van der Waals surface area contributed by atoms with Gasteiger partial charge in [0.1, 0.15) is 6.04 Å². The van der Waals surface area contributed by atoms with Crippen molar-refractivity contribution in [2.75, 3.05) is 10.7 Å². The van der Waals surface area contributed by atoms with E-state index in [0.29, 0.717) is 35.1 Å². The van der Waals surface area contributed by atoms with Crippen LogP contribution in [0.15, 0.2) is 41.2 Å². The Labute approximate surface area is 195 Å². The highest BCUT2D eigenvalue weighted by atomic mass is 16.3. The number of carbonyl (C=O) groups excluding carboxylic acids is 2. The zero-order chi connectivity index (χ0) is 23.7. The molecule has 9 nitrogen and oxygen atoms in total. The number of nitrogens with zero attached hydrogens (tertiary/aromatic N) is 3. The lowest BCUT2D eigenvalue weighted by Gasteiger charge is -2.31. The summed E-state index contributed by atoms with van der Waals surface area (Å²) in [5, 5.41) is 14.0. The second-order valence-corrected chi connectivity index (χ2v) is 9.54. The topological polar surface area (TPSA) is 110 Å². The molecule has 4 atom stereocenters. The minimum absolute atomic E-state index is 0.279. The van der Waals surface area contributed by atoms with Crippen molar-refractivity contribution >= 4 is 28.5 Å². The largest absolute Gasteiger partial charge is 0.391 e. The molecule has 176 valence electrons. The summed E-state index contributed by atoms with van der Waals surface area (Å²) >= 11 is 0. The maximum atomic E-state index is 14.1. The van der Waals surface area contributed by atoms with E-state index in [2.05, 4.69) is 10.7 Å². The number of rotatable bonds is 1. The Hall–Kier alpha value is -3.59. The predicted octanol–water partition coefficient (Wildman–Crippen LogP) is 2.95. The molecule has 2 aromatic carbocycles. The van der Waals surface area contributed by atoms with Crippen LogP contribution in [0.5, 0.6) is 0 Å². The molecule has 0 spiro atoms. The van der Waals surface area contributed by atoms with Gasteiger partial charge in [0.25, 0.3) is 5.91 Å². The van der Waals surface area contributed by atoms with Crippen LogP contribution in [0.25, 0.3) is 22.2 Å². The van der Waals surface area contributed by atoms with Crippen molar-refractivity contribution in [3.63, 3.8) is 0 Å². The minimum Gasteiger partial charge on any atom is -0.391 e. The fraction of sp³-hybridized carbons (Fsp3) is 0.400. The Balaban J connectivity index is 1.86. The molecule has 1 amide bonds. The lowest BCUT2D eigenvalue weighted by Crippen LogP contribution is -2.49. The normalized spacial score (nSPS) is 25.7. The Morgan fingerprint density at radius 1 is 0.971 bits per heavy atom.